The summed E-state index contributed by atoms with van der Waals surface area (Å²) in [6, 6.07) is 6.11. The molecule has 132 valence electrons. The first-order valence-electron chi connectivity index (χ1n) is 9.04. The second-order valence-electron chi connectivity index (χ2n) is 7.30. The van der Waals surface area contributed by atoms with Gasteiger partial charge in [-0.2, -0.15) is 0 Å². The SMILES string of the molecule is O=C(c1cscn1)N1CCCC2(CCN(Cc3ccccn3)CC2)C1. The summed E-state index contributed by atoms with van der Waals surface area (Å²) in [4.78, 5) is 25.8. The summed E-state index contributed by atoms with van der Waals surface area (Å²) in [7, 11) is 0. The quantitative estimate of drug-likeness (QED) is 0.848. The van der Waals surface area contributed by atoms with Crippen LogP contribution in [-0.4, -0.2) is 51.9 Å². The van der Waals surface area contributed by atoms with Crippen LogP contribution < -0.4 is 0 Å². The van der Waals surface area contributed by atoms with Gasteiger partial charge in [-0.05, 0) is 56.3 Å². The lowest BCUT2D eigenvalue weighted by molar-refractivity contribution is 0.0193. The molecule has 2 aliphatic heterocycles. The number of pyridine rings is 1. The van der Waals surface area contributed by atoms with Crippen LogP contribution >= 0.6 is 11.3 Å². The Morgan fingerprint density at radius 3 is 2.76 bits per heavy atom. The van der Waals surface area contributed by atoms with Gasteiger partial charge >= 0.3 is 0 Å². The Morgan fingerprint density at radius 2 is 2.04 bits per heavy atom. The van der Waals surface area contributed by atoms with Crippen molar-refractivity contribution in [2.24, 2.45) is 5.41 Å². The first-order chi connectivity index (χ1) is 12.2. The number of thiazole rings is 1. The van der Waals surface area contributed by atoms with E-state index in [0.29, 0.717) is 11.1 Å². The van der Waals surface area contributed by atoms with E-state index >= 15 is 0 Å². The standard InChI is InChI=1S/C19H24N4OS/c24-18(17-13-25-15-21-17)23-9-3-5-19(14-23)6-10-22(11-7-19)12-16-4-1-2-8-20-16/h1-2,4,8,13,15H,3,5-7,9-12,14H2. The summed E-state index contributed by atoms with van der Waals surface area (Å²) in [5.74, 6) is 0.108. The predicted octanol–water partition coefficient (Wildman–Crippen LogP) is 3.06. The maximum atomic E-state index is 12.6. The third kappa shape index (κ3) is 3.75. The number of piperidine rings is 2. The zero-order valence-corrected chi connectivity index (χ0v) is 15.2. The van der Waals surface area contributed by atoms with Gasteiger partial charge in [-0.25, -0.2) is 4.98 Å². The van der Waals surface area contributed by atoms with E-state index in [4.69, 9.17) is 0 Å². The largest absolute Gasteiger partial charge is 0.337 e. The monoisotopic (exact) mass is 356 g/mol. The average Bonchev–Trinajstić information content (AvgIpc) is 3.19. The first kappa shape index (κ1) is 16.7. The van der Waals surface area contributed by atoms with Crippen molar-refractivity contribution in [1.82, 2.24) is 19.8 Å². The minimum absolute atomic E-state index is 0.108. The molecule has 2 saturated heterocycles. The Balaban J connectivity index is 1.36. The number of likely N-dealkylation sites (tertiary alicyclic amines) is 2. The highest BCUT2D eigenvalue weighted by Crippen LogP contribution is 2.40. The molecule has 0 radical (unpaired) electrons. The molecular weight excluding hydrogens is 332 g/mol. The number of rotatable bonds is 3. The van der Waals surface area contributed by atoms with Gasteiger partial charge in [0.25, 0.3) is 5.91 Å². The van der Waals surface area contributed by atoms with Crippen molar-refractivity contribution >= 4 is 17.2 Å². The second-order valence-corrected chi connectivity index (χ2v) is 8.02. The van der Waals surface area contributed by atoms with Crippen molar-refractivity contribution in [1.29, 1.82) is 0 Å². The number of hydrogen-bond donors (Lipinski definition) is 0. The molecule has 6 heteroatoms. The highest BCUT2D eigenvalue weighted by molar-refractivity contribution is 7.07. The summed E-state index contributed by atoms with van der Waals surface area (Å²) in [6.45, 7) is 4.87. The van der Waals surface area contributed by atoms with Crippen molar-refractivity contribution in [3.63, 3.8) is 0 Å². The number of nitrogens with zero attached hydrogens (tertiary/aromatic N) is 4. The maximum absolute atomic E-state index is 12.6. The van der Waals surface area contributed by atoms with E-state index in [1.165, 1.54) is 30.6 Å². The number of amides is 1. The molecule has 0 bridgehead atoms. The Hall–Kier alpha value is -1.79. The van der Waals surface area contributed by atoms with Crippen molar-refractivity contribution in [3.8, 4) is 0 Å². The molecule has 5 nitrogen and oxygen atoms in total. The molecule has 0 unspecified atom stereocenters. The number of carbonyl (C=O) groups excluding carboxylic acids is 1. The fourth-order valence-electron chi connectivity index (χ4n) is 4.18. The molecule has 0 aliphatic carbocycles. The van der Waals surface area contributed by atoms with Crippen LogP contribution in [0, 0.1) is 5.41 Å². The minimum atomic E-state index is 0.108. The van der Waals surface area contributed by atoms with Gasteiger partial charge in [-0.3, -0.25) is 14.7 Å². The Kier molecular flexibility index (Phi) is 4.81. The molecule has 0 saturated carbocycles. The topological polar surface area (TPSA) is 49.3 Å². The Labute approximate surface area is 152 Å². The van der Waals surface area contributed by atoms with E-state index in [1.54, 1.807) is 5.51 Å². The van der Waals surface area contributed by atoms with Crippen LogP contribution in [0.4, 0.5) is 0 Å². The van der Waals surface area contributed by atoms with Crippen molar-refractivity contribution in [3.05, 3.63) is 46.7 Å². The first-order valence-corrected chi connectivity index (χ1v) is 9.98. The molecular formula is C19H24N4OS. The molecule has 25 heavy (non-hydrogen) atoms. The Morgan fingerprint density at radius 1 is 1.16 bits per heavy atom. The van der Waals surface area contributed by atoms with E-state index in [9.17, 15) is 4.79 Å². The predicted molar refractivity (Wildman–Crippen MR) is 98.4 cm³/mol. The molecule has 1 amide bonds. The summed E-state index contributed by atoms with van der Waals surface area (Å²) in [5, 5.41) is 1.86. The van der Waals surface area contributed by atoms with Crippen molar-refractivity contribution in [2.45, 2.75) is 32.2 Å². The van der Waals surface area contributed by atoms with Gasteiger partial charge in [0.15, 0.2) is 0 Å². The lowest BCUT2D eigenvalue weighted by Crippen LogP contribution is -2.51. The molecule has 2 aromatic rings. The lowest BCUT2D eigenvalue weighted by atomic mass is 9.72. The zero-order valence-electron chi connectivity index (χ0n) is 14.4. The number of carbonyl (C=O) groups is 1. The summed E-state index contributed by atoms with van der Waals surface area (Å²) < 4.78 is 0. The molecule has 2 aromatic heterocycles. The average molecular weight is 356 g/mol. The van der Waals surface area contributed by atoms with Crippen LogP contribution in [0.5, 0.6) is 0 Å². The van der Waals surface area contributed by atoms with Gasteiger partial charge in [-0.15, -0.1) is 11.3 Å². The fraction of sp³-hybridized carbons (Fsp3) is 0.526. The molecule has 0 atom stereocenters. The van der Waals surface area contributed by atoms with E-state index in [1.807, 2.05) is 22.5 Å². The molecule has 2 aliphatic rings. The van der Waals surface area contributed by atoms with Gasteiger partial charge < -0.3 is 4.90 Å². The fourth-order valence-corrected chi connectivity index (χ4v) is 4.70. The molecule has 0 aromatic carbocycles. The maximum Gasteiger partial charge on any atom is 0.273 e. The van der Waals surface area contributed by atoms with Crippen LogP contribution in [0.1, 0.15) is 41.9 Å². The minimum Gasteiger partial charge on any atom is -0.337 e. The van der Waals surface area contributed by atoms with E-state index in [2.05, 4.69) is 27.0 Å². The van der Waals surface area contributed by atoms with Crippen LogP contribution in [0.3, 0.4) is 0 Å². The van der Waals surface area contributed by atoms with Crippen molar-refractivity contribution in [2.75, 3.05) is 26.2 Å². The van der Waals surface area contributed by atoms with E-state index < -0.39 is 0 Å². The molecule has 4 rings (SSSR count). The van der Waals surface area contributed by atoms with Crippen LogP contribution in [0.15, 0.2) is 35.3 Å². The highest BCUT2D eigenvalue weighted by atomic mass is 32.1. The third-order valence-corrected chi connectivity index (χ3v) is 6.22. The second kappa shape index (κ2) is 7.22. The normalized spacial score (nSPS) is 20.7. The van der Waals surface area contributed by atoms with Gasteiger partial charge in [-0.1, -0.05) is 6.07 Å². The number of aromatic nitrogens is 2. The van der Waals surface area contributed by atoms with Gasteiger partial charge in [0.1, 0.15) is 5.69 Å². The van der Waals surface area contributed by atoms with Crippen molar-refractivity contribution < 1.29 is 4.79 Å². The van der Waals surface area contributed by atoms with Crippen LogP contribution in [0.25, 0.3) is 0 Å². The zero-order chi connectivity index (χ0) is 17.1. The van der Waals surface area contributed by atoms with Crippen LogP contribution in [-0.2, 0) is 6.54 Å². The molecule has 4 heterocycles. The summed E-state index contributed by atoms with van der Waals surface area (Å²) in [6.07, 6.45) is 6.55. The van der Waals surface area contributed by atoms with E-state index in [-0.39, 0.29) is 5.91 Å². The highest BCUT2D eigenvalue weighted by Gasteiger charge is 2.40. The van der Waals surface area contributed by atoms with E-state index in [0.717, 1.165) is 44.8 Å². The summed E-state index contributed by atoms with van der Waals surface area (Å²) >= 11 is 1.49. The lowest BCUT2D eigenvalue weighted by Gasteiger charge is -2.47. The molecule has 0 N–H and O–H groups in total. The number of hydrogen-bond acceptors (Lipinski definition) is 5. The summed E-state index contributed by atoms with van der Waals surface area (Å²) in [5.41, 5.74) is 3.78. The smallest absolute Gasteiger partial charge is 0.273 e. The molecule has 2 fully saturated rings. The third-order valence-electron chi connectivity index (χ3n) is 5.63. The van der Waals surface area contributed by atoms with Gasteiger partial charge in [0.2, 0.25) is 0 Å². The van der Waals surface area contributed by atoms with Gasteiger partial charge in [0, 0.05) is 31.2 Å². The van der Waals surface area contributed by atoms with Crippen LogP contribution in [0.2, 0.25) is 0 Å². The van der Waals surface area contributed by atoms with Gasteiger partial charge in [0.05, 0.1) is 11.2 Å². The molecule has 1 spiro atoms. The Bertz CT molecular complexity index is 695.